The minimum absolute atomic E-state index is 0.0858. The van der Waals surface area contributed by atoms with Crippen molar-refractivity contribution >= 4 is 35.8 Å². The van der Waals surface area contributed by atoms with Crippen molar-refractivity contribution in [3.05, 3.63) is 38.0 Å². The molecule has 398 valence electrons. The second-order valence-corrected chi connectivity index (χ2v) is 18.8. The fraction of sp³-hybridized carbons (Fsp3) is 0.789. The molecule has 0 saturated heterocycles. The molecule has 0 aromatic heterocycles. The molecule has 12 heteroatoms. The van der Waals surface area contributed by atoms with Gasteiger partial charge in [-0.05, 0) is 122 Å². The minimum atomic E-state index is -0.930. The summed E-state index contributed by atoms with van der Waals surface area (Å²) in [5.41, 5.74) is -0.930. The van der Waals surface area contributed by atoms with Gasteiger partial charge in [0.05, 0.1) is 25.2 Å². The Balaban J connectivity index is 4.73. The Kier molecular flexibility index (Phi) is 46.2. The van der Waals surface area contributed by atoms with Crippen molar-refractivity contribution in [1.29, 1.82) is 0 Å². The van der Waals surface area contributed by atoms with E-state index in [1.807, 2.05) is 25.2 Å². The number of allylic oxidation sites excluding steroid dienone is 3. The predicted octanol–water partition coefficient (Wildman–Crippen LogP) is 14.2. The summed E-state index contributed by atoms with van der Waals surface area (Å²) >= 11 is 0. The van der Waals surface area contributed by atoms with Gasteiger partial charge in [0.2, 0.25) is 0 Å². The normalized spacial score (nSPS) is 11.1. The largest absolute Gasteiger partial charge is 0.466 e. The first-order valence-electron chi connectivity index (χ1n) is 27.4. The molecule has 0 radical (unpaired) electrons. The van der Waals surface area contributed by atoms with Gasteiger partial charge >= 0.3 is 35.8 Å². The van der Waals surface area contributed by atoms with E-state index in [-0.39, 0.29) is 57.0 Å². The molecule has 0 amide bonds. The molecule has 0 unspecified atom stereocenters. The number of hydrogen-bond donors (Lipinski definition) is 0. The van der Waals surface area contributed by atoms with Crippen molar-refractivity contribution < 1.29 is 57.2 Å². The standard InChI is InChI=1S/C57H98O12/c1-5-9-12-15-18-21-24-30-39-51(58)64-45-36-27-33-42-54(61)67-48-57(8-4,49-68-55(62)43-34-28-37-46-65-52(59)40-31-25-22-19-16-13-10-6-2)50-69-56(63)44-35-29-38-47-66-53(60)41-32-26-23-20-17-14-11-7-3/h5-7H,1-3,8-50H2,4H3. The first-order valence-corrected chi connectivity index (χ1v) is 27.4. The van der Waals surface area contributed by atoms with Crippen molar-refractivity contribution in [3.63, 3.8) is 0 Å². The molecule has 0 bridgehead atoms. The van der Waals surface area contributed by atoms with E-state index in [1.54, 1.807) is 0 Å². The third-order valence-electron chi connectivity index (χ3n) is 12.4. The van der Waals surface area contributed by atoms with Crippen LogP contribution in [0, 0.1) is 5.41 Å². The molecule has 0 fully saturated rings. The Morgan fingerprint density at radius 1 is 0.304 bits per heavy atom. The van der Waals surface area contributed by atoms with Crippen LogP contribution in [0.3, 0.4) is 0 Å². The fourth-order valence-electron chi connectivity index (χ4n) is 7.56. The lowest BCUT2D eigenvalue weighted by Gasteiger charge is -2.31. The first-order chi connectivity index (χ1) is 33.6. The summed E-state index contributed by atoms with van der Waals surface area (Å²) < 4.78 is 33.2. The predicted molar refractivity (Wildman–Crippen MR) is 275 cm³/mol. The van der Waals surface area contributed by atoms with Crippen LogP contribution in [0.2, 0.25) is 0 Å². The Bertz CT molecular complexity index is 1190. The second kappa shape index (κ2) is 49.0. The van der Waals surface area contributed by atoms with Crippen LogP contribution in [0.5, 0.6) is 0 Å². The van der Waals surface area contributed by atoms with Crippen molar-refractivity contribution in [3.8, 4) is 0 Å². The van der Waals surface area contributed by atoms with Gasteiger partial charge in [0, 0.05) is 38.5 Å². The average molecular weight is 975 g/mol. The number of esters is 6. The van der Waals surface area contributed by atoms with Crippen molar-refractivity contribution in [2.75, 3.05) is 39.6 Å². The zero-order valence-electron chi connectivity index (χ0n) is 43.7. The van der Waals surface area contributed by atoms with E-state index in [9.17, 15) is 28.8 Å². The summed E-state index contributed by atoms with van der Waals surface area (Å²) in [6, 6.07) is 0. The summed E-state index contributed by atoms with van der Waals surface area (Å²) in [5.74, 6) is -1.76. The number of hydrogen-bond acceptors (Lipinski definition) is 12. The minimum Gasteiger partial charge on any atom is -0.466 e. The molecule has 0 atom stereocenters. The highest BCUT2D eigenvalue weighted by Crippen LogP contribution is 2.26. The molecular formula is C57H98O12. The van der Waals surface area contributed by atoms with Gasteiger partial charge in [-0.3, -0.25) is 28.8 Å². The molecule has 0 saturated carbocycles. The third kappa shape index (κ3) is 45.0. The molecule has 69 heavy (non-hydrogen) atoms. The Labute approximate surface area is 419 Å². The molecule has 12 nitrogen and oxygen atoms in total. The number of rotatable bonds is 52. The van der Waals surface area contributed by atoms with Crippen LogP contribution in [-0.2, 0) is 57.2 Å². The zero-order valence-corrected chi connectivity index (χ0v) is 43.7. The lowest BCUT2D eigenvalue weighted by Crippen LogP contribution is -2.39. The van der Waals surface area contributed by atoms with Crippen LogP contribution in [0.15, 0.2) is 38.0 Å². The lowest BCUT2D eigenvalue weighted by molar-refractivity contribution is -0.163. The highest BCUT2D eigenvalue weighted by molar-refractivity contribution is 5.71. The Morgan fingerprint density at radius 3 is 0.739 bits per heavy atom. The molecule has 0 heterocycles. The van der Waals surface area contributed by atoms with E-state index < -0.39 is 23.3 Å². The van der Waals surface area contributed by atoms with Crippen molar-refractivity contribution in [2.45, 2.75) is 244 Å². The number of carbonyl (C=O) groups is 6. The molecule has 0 N–H and O–H groups in total. The Hall–Kier alpha value is -3.96. The summed E-state index contributed by atoms with van der Waals surface area (Å²) in [6.07, 6.45) is 36.5. The maximum atomic E-state index is 12.8. The second-order valence-electron chi connectivity index (χ2n) is 18.8. The average Bonchev–Trinajstić information content (AvgIpc) is 3.34. The topological polar surface area (TPSA) is 158 Å². The Morgan fingerprint density at radius 2 is 0.507 bits per heavy atom. The molecule has 0 aliphatic heterocycles. The number of ether oxygens (including phenoxy) is 6. The van der Waals surface area contributed by atoms with Crippen LogP contribution in [-0.4, -0.2) is 75.5 Å². The van der Waals surface area contributed by atoms with Crippen LogP contribution < -0.4 is 0 Å². The van der Waals surface area contributed by atoms with Gasteiger partial charge in [-0.2, -0.15) is 0 Å². The third-order valence-corrected chi connectivity index (χ3v) is 12.4. The molecular weight excluding hydrogens is 877 g/mol. The van der Waals surface area contributed by atoms with Gasteiger partial charge in [-0.25, -0.2) is 0 Å². The lowest BCUT2D eigenvalue weighted by atomic mass is 9.88. The van der Waals surface area contributed by atoms with E-state index in [2.05, 4.69) is 19.7 Å². The number of carbonyl (C=O) groups excluding carboxylic acids is 6. The molecule has 0 spiro atoms. The highest BCUT2D eigenvalue weighted by atomic mass is 16.6. The van der Waals surface area contributed by atoms with Gasteiger partial charge in [0.25, 0.3) is 0 Å². The van der Waals surface area contributed by atoms with Gasteiger partial charge in [-0.15, -0.1) is 19.7 Å². The fourth-order valence-corrected chi connectivity index (χ4v) is 7.56. The highest BCUT2D eigenvalue weighted by Gasteiger charge is 2.34. The monoisotopic (exact) mass is 975 g/mol. The van der Waals surface area contributed by atoms with Crippen LogP contribution in [0.25, 0.3) is 0 Å². The van der Waals surface area contributed by atoms with E-state index >= 15 is 0 Å². The first kappa shape index (κ1) is 65.0. The van der Waals surface area contributed by atoms with E-state index in [4.69, 9.17) is 28.4 Å². The van der Waals surface area contributed by atoms with Crippen LogP contribution in [0.4, 0.5) is 0 Å². The molecule has 0 aliphatic rings. The SMILES string of the molecule is C=CCCCCCCCCC(=O)OCCCCCC(=O)OCC(CC)(COC(=O)CCCCCOC(=O)CCCCCCCCC=C)COC(=O)CCCCCOC(=O)CCCCCCCCC=C. The summed E-state index contributed by atoms with van der Waals surface area (Å²) in [5, 5.41) is 0. The van der Waals surface area contributed by atoms with Gasteiger partial charge < -0.3 is 28.4 Å². The van der Waals surface area contributed by atoms with E-state index in [1.165, 1.54) is 57.8 Å². The maximum Gasteiger partial charge on any atom is 0.305 e. The van der Waals surface area contributed by atoms with E-state index in [0.29, 0.717) is 103 Å². The zero-order chi connectivity index (χ0) is 50.7. The quantitative estimate of drug-likeness (QED) is 0.0246. The van der Waals surface area contributed by atoms with Gasteiger partial charge in [-0.1, -0.05) is 102 Å². The molecule has 0 aromatic carbocycles. The van der Waals surface area contributed by atoms with Crippen molar-refractivity contribution in [2.24, 2.45) is 5.41 Å². The van der Waals surface area contributed by atoms with Crippen LogP contribution in [0.1, 0.15) is 244 Å². The summed E-state index contributed by atoms with van der Waals surface area (Å²) in [4.78, 5) is 74.9. The van der Waals surface area contributed by atoms with Gasteiger partial charge in [0.15, 0.2) is 0 Å². The maximum absolute atomic E-state index is 12.8. The summed E-state index contributed by atoms with van der Waals surface area (Å²) in [7, 11) is 0. The summed E-state index contributed by atoms with van der Waals surface area (Å²) in [6.45, 7) is 13.8. The molecule has 0 aromatic rings. The smallest absolute Gasteiger partial charge is 0.305 e. The molecule has 0 rings (SSSR count). The van der Waals surface area contributed by atoms with Crippen molar-refractivity contribution in [1.82, 2.24) is 0 Å². The number of unbranched alkanes of at least 4 members (excludes halogenated alkanes) is 24. The van der Waals surface area contributed by atoms with Crippen LogP contribution >= 0.6 is 0 Å². The molecule has 0 aliphatic carbocycles. The van der Waals surface area contributed by atoms with Gasteiger partial charge in [0.1, 0.15) is 19.8 Å². The van der Waals surface area contributed by atoms with E-state index in [0.717, 1.165) is 77.0 Å².